The molecule has 0 unspecified atom stereocenters. The first-order chi connectivity index (χ1) is 16.9. The topological polar surface area (TPSA) is 70.7 Å². The number of pyridine rings is 1. The van der Waals surface area contributed by atoms with Gasteiger partial charge >= 0.3 is 5.97 Å². The second-order valence-corrected chi connectivity index (χ2v) is 10.8. The summed E-state index contributed by atoms with van der Waals surface area (Å²) < 4.78 is 21.2. The number of nitrogens with zero attached hydrogens (tertiary/aromatic N) is 4. The van der Waals surface area contributed by atoms with Gasteiger partial charge in [-0.3, -0.25) is 9.69 Å². The fourth-order valence-corrected chi connectivity index (χ4v) is 6.20. The predicted molar refractivity (Wildman–Crippen MR) is 138 cm³/mol. The first kappa shape index (κ1) is 22.4. The van der Waals surface area contributed by atoms with E-state index in [1.165, 1.54) is 17.0 Å². The molecule has 1 saturated carbocycles. The number of hydrogen-bond acceptors (Lipinski definition) is 6. The van der Waals surface area contributed by atoms with Crippen LogP contribution >= 0.6 is 23.6 Å². The van der Waals surface area contributed by atoms with E-state index in [9.17, 15) is 14.7 Å². The third kappa shape index (κ3) is 3.95. The Balaban J connectivity index is 1.27. The van der Waals surface area contributed by atoms with E-state index in [1.54, 1.807) is 17.4 Å². The number of anilines is 1. The zero-order valence-electron chi connectivity index (χ0n) is 18.8. The summed E-state index contributed by atoms with van der Waals surface area (Å²) in [5, 5.41) is 9.56. The highest BCUT2D eigenvalue weighted by Gasteiger charge is 2.28. The largest absolute Gasteiger partial charge is 0.477 e. The van der Waals surface area contributed by atoms with Crippen LogP contribution in [-0.2, 0) is 6.67 Å². The SMILES string of the molecule is O=C(O)c1cn(C2CC2)c2cc(N3CCN(Cn4c(=S)sc5ccccc54)CC3)c(F)cc2c1=O. The molecule has 1 saturated heterocycles. The number of para-hydroxylation sites is 1. The molecule has 7 nitrogen and oxygen atoms in total. The van der Waals surface area contributed by atoms with Gasteiger partial charge in [-0.2, -0.15) is 0 Å². The van der Waals surface area contributed by atoms with Crippen LogP contribution in [0.15, 0.2) is 47.4 Å². The van der Waals surface area contributed by atoms with Crippen LogP contribution in [0.3, 0.4) is 0 Å². The Kier molecular flexibility index (Phi) is 5.46. The van der Waals surface area contributed by atoms with E-state index in [1.807, 2.05) is 21.6 Å². The Hall–Kier alpha value is -3.08. The molecule has 2 fully saturated rings. The number of rotatable bonds is 5. The van der Waals surface area contributed by atoms with Gasteiger partial charge in [0, 0.05) is 43.8 Å². The van der Waals surface area contributed by atoms with Crippen LogP contribution < -0.4 is 10.3 Å². The van der Waals surface area contributed by atoms with Crippen molar-refractivity contribution in [2.45, 2.75) is 25.6 Å². The number of carboxylic acid groups (broad SMARTS) is 1. The van der Waals surface area contributed by atoms with E-state index in [0.717, 1.165) is 35.4 Å². The maximum absolute atomic E-state index is 15.2. The summed E-state index contributed by atoms with van der Waals surface area (Å²) in [5.74, 6) is -1.79. The maximum Gasteiger partial charge on any atom is 0.341 e. The van der Waals surface area contributed by atoms with Gasteiger partial charge in [-0.05, 0) is 49.3 Å². The van der Waals surface area contributed by atoms with Crippen molar-refractivity contribution < 1.29 is 14.3 Å². The van der Waals surface area contributed by atoms with Gasteiger partial charge in [0.1, 0.15) is 11.4 Å². The number of hydrogen-bond donors (Lipinski definition) is 1. The second kappa shape index (κ2) is 8.54. The van der Waals surface area contributed by atoms with Crippen LogP contribution in [0.5, 0.6) is 0 Å². The fourth-order valence-electron chi connectivity index (χ4n) is 4.89. The van der Waals surface area contributed by atoms with Crippen LogP contribution in [0.4, 0.5) is 10.1 Å². The minimum atomic E-state index is -1.29. The molecule has 1 N–H and O–H groups in total. The minimum Gasteiger partial charge on any atom is -0.477 e. The molecule has 35 heavy (non-hydrogen) atoms. The smallest absolute Gasteiger partial charge is 0.341 e. The van der Waals surface area contributed by atoms with Crippen molar-refractivity contribution in [3.8, 4) is 0 Å². The highest BCUT2D eigenvalue weighted by Crippen LogP contribution is 2.38. The van der Waals surface area contributed by atoms with Crippen molar-refractivity contribution in [3.05, 3.63) is 68.2 Å². The lowest BCUT2D eigenvalue weighted by Gasteiger charge is -2.36. The second-order valence-electron chi connectivity index (χ2n) is 9.15. The van der Waals surface area contributed by atoms with Crippen molar-refractivity contribution in [3.63, 3.8) is 0 Å². The molecule has 1 aliphatic carbocycles. The van der Waals surface area contributed by atoms with E-state index < -0.39 is 17.2 Å². The number of carboxylic acids is 1. The van der Waals surface area contributed by atoms with Gasteiger partial charge in [-0.25, -0.2) is 9.18 Å². The first-order valence-electron chi connectivity index (χ1n) is 11.6. The molecule has 180 valence electrons. The summed E-state index contributed by atoms with van der Waals surface area (Å²) in [6, 6.07) is 11.3. The molecular weight excluding hydrogens is 487 g/mol. The summed E-state index contributed by atoms with van der Waals surface area (Å²) in [4.78, 5) is 28.6. The summed E-state index contributed by atoms with van der Waals surface area (Å²) in [7, 11) is 0. The molecule has 2 aliphatic rings. The maximum atomic E-state index is 15.2. The average molecular weight is 511 g/mol. The van der Waals surface area contributed by atoms with Gasteiger partial charge in [0.05, 0.1) is 28.1 Å². The zero-order valence-corrected chi connectivity index (χ0v) is 20.4. The lowest BCUT2D eigenvalue weighted by Crippen LogP contribution is -2.47. The molecule has 0 spiro atoms. The molecule has 6 rings (SSSR count). The normalized spacial score (nSPS) is 16.9. The molecule has 0 atom stereocenters. The number of aromatic carboxylic acids is 1. The van der Waals surface area contributed by atoms with Gasteiger partial charge in [0.15, 0.2) is 3.95 Å². The Morgan fingerprint density at radius 3 is 2.57 bits per heavy atom. The Bertz CT molecular complexity index is 1600. The molecule has 0 radical (unpaired) electrons. The molecule has 4 aromatic rings. The number of carbonyl (C=O) groups is 1. The highest BCUT2D eigenvalue weighted by atomic mass is 32.1. The van der Waals surface area contributed by atoms with Crippen molar-refractivity contribution in [1.29, 1.82) is 0 Å². The van der Waals surface area contributed by atoms with E-state index >= 15 is 4.39 Å². The van der Waals surface area contributed by atoms with Crippen LogP contribution in [-0.4, -0.2) is 51.3 Å². The molecule has 2 aromatic heterocycles. The number of fused-ring (bicyclic) bond motifs is 2. The van der Waals surface area contributed by atoms with Crippen molar-refractivity contribution in [2.75, 3.05) is 31.1 Å². The molecule has 2 aromatic carbocycles. The van der Waals surface area contributed by atoms with Crippen LogP contribution in [0.2, 0.25) is 0 Å². The third-order valence-electron chi connectivity index (χ3n) is 6.90. The molecule has 0 amide bonds. The van der Waals surface area contributed by atoms with Crippen LogP contribution in [0.1, 0.15) is 29.2 Å². The summed E-state index contributed by atoms with van der Waals surface area (Å²) in [6.07, 6.45) is 3.25. The summed E-state index contributed by atoms with van der Waals surface area (Å²) >= 11 is 7.19. The minimum absolute atomic E-state index is 0.121. The van der Waals surface area contributed by atoms with E-state index in [2.05, 4.69) is 21.6 Å². The van der Waals surface area contributed by atoms with Crippen molar-refractivity contribution >= 4 is 56.3 Å². The zero-order chi connectivity index (χ0) is 24.3. The van der Waals surface area contributed by atoms with E-state index in [-0.39, 0.29) is 17.0 Å². The number of aromatic nitrogens is 2. The number of halogens is 1. The Morgan fingerprint density at radius 1 is 1.11 bits per heavy atom. The monoisotopic (exact) mass is 510 g/mol. The number of piperazine rings is 1. The third-order valence-corrected chi connectivity index (χ3v) is 8.33. The van der Waals surface area contributed by atoms with E-state index in [0.29, 0.717) is 31.0 Å². The quantitative estimate of drug-likeness (QED) is 0.393. The Labute approximate surface area is 209 Å². The van der Waals surface area contributed by atoms with Crippen molar-refractivity contribution in [2.24, 2.45) is 0 Å². The number of benzene rings is 2. The van der Waals surface area contributed by atoms with Gasteiger partial charge < -0.3 is 19.1 Å². The van der Waals surface area contributed by atoms with Gasteiger partial charge in [-0.15, -0.1) is 11.3 Å². The molecule has 0 bridgehead atoms. The molecule has 3 heterocycles. The average Bonchev–Trinajstić information content (AvgIpc) is 3.64. The molecule has 1 aliphatic heterocycles. The van der Waals surface area contributed by atoms with Crippen molar-refractivity contribution in [1.82, 2.24) is 14.0 Å². The van der Waals surface area contributed by atoms with Crippen LogP contribution in [0.25, 0.3) is 21.1 Å². The van der Waals surface area contributed by atoms with Crippen LogP contribution in [0, 0.1) is 9.77 Å². The fraction of sp³-hybridized carbons (Fsp3) is 0.320. The van der Waals surface area contributed by atoms with Gasteiger partial charge in [0.2, 0.25) is 5.43 Å². The summed E-state index contributed by atoms with van der Waals surface area (Å²) in [5.41, 5.74) is 1.22. The molecular formula is C25H23FN4O3S2. The van der Waals surface area contributed by atoms with Gasteiger partial charge in [-0.1, -0.05) is 12.1 Å². The standard InChI is InChI=1S/C25H23FN4O3S2/c26-18-11-16-20(29(15-5-6-15)13-17(23(16)31)24(32)33)12-21(18)28-9-7-27(8-10-28)14-30-19-3-1-2-4-22(19)35-25(30)34/h1-4,11-13,15H,5-10,14H2,(H,32,33). The molecule has 10 heteroatoms. The number of thiazole rings is 1. The Morgan fingerprint density at radius 2 is 1.86 bits per heavy atom. The predicted octanol–water partition coefficient (Wildman–Crippen LogP) is 4.70. The lowest BCUT2D eigenvalue weighted by atomic mass is 10.1. The van der Waals surface area contributed by atoms with Gasteiger partial charge in [0.25, 0.3) is 0 Å². The first-order valence-corrected chi connectivity index (χ1v) is 12.8. The highest BCUT2D eigenvalue weighted by molar-refractivity contribution is 7.73. The summed E-state index contributed by atoms with van der Waals surface area (Å²) in [6.45, 7) is 3.46. The van der Waals surface area contributed by atoms with E-state index in [4.69, 9.17) is 12.2 Å². The lowest BCUT2D eigenvalue weighted by molar-refractivity contribution is 0.0695.